The summed E-state index contributed by atoms with van der Waals surface area (Å²) in [7, 11) is 0. The number of hydrogen-bond acceptors (Lipinski definition) is 5. The molecule has 3 fully saturated rings. The second kappa shape index (κ2) is 6.48. The number of rotatable bonds is 4. The van der Waals surface area contributed by atoms with Crippen LogP contribution in [0.1, 0.15) is 27.1 Å². The molecule has 2 aromatic carbocycles. The van der Waals surface area contributed by atoms with Crippen molar-refractivity contribution in [3.8, 4) is 5.75 Å². The molecule has 6 nitrogen and oxygen atoms in total. The summed E-state index contributed by atoms with van der Waals surface area (Å²) >= 11 is 0. The average molecular weight is 413 g/mol. The molecule has 6 heteroatoms. The third-order valence-electron chi connectivity index (χ3n) is 7.25. The van der Waals surface area contributed by atoms with Crippen molar-refractivity contribution in [3.05, 3.63) is 71.8 Å². The summed E-state index contributed by atoms with van der Waals surface area (Å²) in [6.07, 6.45) is 5.99. The number of para-hydroxylation sites is 1. The Morgan fingerprint density at radius 3 is 2.29 bits per heavy atom. The summed E-state index contributed by atoms with van der Waals surface area (Å²) in [6, 6.07) is 12.8. The number of hydrogen-bond donors (Lipinski definition) is 0. The second-order valence-corrected chi connectivity index (χ2v) is 8.76. The number of nitrogens with zero attached hydrogens (tertiary/aromatic N) is 1. The van der Waals surface area contributed by atoms with E-state index in [2.05, 4.69) is 12.2 Å². The van der Waals surface area contributed by atoms with Gasteiger partial charge in [-0.1, -0.05) is 30.4 Å². The summed E-state index contributed by atoms with van der Waals surface area (Å²) in [5, 5.41) is 0. The molecule has 0 radical (unpaired) electrons. The van der Waals surface area contributed by atoms with E-state index in [4.69, 9.17) is 4.74 Å². The van der Waals surface area contributed by atoms with Gasteiger partial charge in [0.25, 0.3) is 0 Å². The van der Waals surface area contributed by atoms with Crippen LogP contribution in [-0.2, 0) is 9.59 Å². The van der Waals surface area contributed by atoms with Crippen LogP contribution in [0.2, 0.25) is 0 Å². The zero-order valence-corrected chi connectivity index (χ0v) is 16.5. The maximum Gasteiger partial charge on any atom is 0.343 e. The minimum absolute atomic E-state index is 0.148. The Hall–Kier alpha value is -3.54. The van der Waals surface area contributed by atoms with Crippen molar-refractivity contribution in [1.29, 1.82) is 0 Å². The Labute approximate surface area is 178 Å². The summed E-state index contributed by atoms with van der Waals surface area (Å²) in [6.45, 7) is 0. The first-order valence-electron chi connectivity index (χ1n) is 10.5. The minimum atomic E-state index is -0.657. The predicted molar refractivity (Wildman–Crippen MR) is 110 cm³/mol. The van der Waals surface area contributed by atoms with E-state index >= 15 is 0 Å². The van der Waals surface area contributed by atoms with Crippen LogP contribution in [0.25, 0.3) is 0 Å². The highest BCUT2D eigenvalue weighted by Gasteiger charge is 2.67. The van der Waals surface area contributed by atoms with Crippen LogP contribution in [0, 0.1) is 35.5 Å². The van der Waals surface area contributed by atoms with Crippen molar-refractivity contribution in [1.82, 2.24) is 0 Å². The Bertz CT molecular complexity index is 1150. The molecule has 0 unspecified atom stereocenters. The minimum Gasteiger partial charge on any atom is -0.422 e. The molecule has 5 aliphatic rings. The van der Waals surface area contributed by atoms with Gasteiger partial charge in [0.05, 0.1) is 28.7 Å². The van der Waals surface area contributed by atoms with Crippen molar-refractivity contribution < 1.29 is 23.9 Å². The van der Waals surface area contributed by atoms with Gasteiger partial charge in [-0.3, -0.25) is 14.4 Å². The van der Waals surface area contributed by atoms with Crippen LogP contribution >= 0.6 is 0 Å². The lowest BCUT2D eigenvalue weighted by Gasteiger charge is -2.37. The van der Waals surface area contributed by atoms with Gasteiger partial charge in [0.2, 0.25) is 11.8 Å². The third kappa shape index (κ3) is 2.57. The van der Waals surface area contributed by atoms with Crippen molar-refractivity contribution in [2.45, 2.75) is 6.42 Å². The molecule has 1 saturated heterocycles. The van der Waals surface area contributed by atoms with E-state index in [1.165, 1.54) is 17.0 Å². The number of allylic oxidation sites excluding steroid dienone is 2. The van der Waals surface area contributed by atoms with Gasteiger partial charge < -0.3 is 4.74 Å². The van der Waals surface area contributed by atoms with Gasteiger partial charge in [0, 0.05) is 0 Å². The highest BCUT2D eigenvalue weighted by Crippen LogP contribution is 2.65. The van der Waals surface area contributed by atoms with Crippen LogP contribution < -0.4 is 9.64 Å². The fourth-order valence-electron chi connectivity index (χ4n) is 5.81. The average Bonchev–Trinajstić information content (AvgIpc) is 3.57. The van der Waals surface area contributed by atoms with Gasteiger partial charge in [-0.05, 0) is 60.4 Å². The maximum absolute atomic E-state index is 13.3. The molecular formula is C25H19NO5. The molecule has 7 rings (SSSR count). The standard InChI is InChI=1S/C25H19NO5/c27-12-14-4-1-2-7-20(14)31-25(30)13-5-3-6-15(10-13)26-23(28)21-16-8-9-17(19-11-18(16)19)22(21)24(26)29/h1-10,12,16-19,21-22H,11H2/t16-,17+,18-,19-,21+,22-/m1/s1. The van der Waals surface area contributed by atoms with Gasteiger partial charge in [-0.2, -0.15) is 0 Å². The van der Waals surface area contributed by atoms with Gasteiger partial charge in [0.1, 0.15) is 5.75 Å². The molecule has 1 heterocycles. The van der Waals surface area contributed by atoms with Crippen LogP contribution in [0.3, 0.4) is 0 Å². The highest BCUT2D eigenvalue weighted by atomic mass is 16.5. The number of benzene rings is 2. The van der Waals surface area contributed by atoms with Gasteiger partial charge in [-0.25, -0.2) is 9.69 Å². The highest BCUT2D eigenvalue weighted by molar-refractivity contribution is 6.23. The lowest BCUT2D eigenvalue weighted by Crippen LogP contribution is -2.40. The van der Waals surface area contributed by atoms with E-state index in [1.807, 2.05) is 0 Å². The molecule has 0 aromatic heterocycles. The molecule has 4 aliphatic carbocycles. The number of carbonyl (C=O) groups excluding carboxylic acids is 4. The zero-order chi connectivity index (χ0) is 21.3. The van der Waals surface area contributed by atoms with Crippen LogP contribution in [0.15, 0.2) is 60.7 Å². The molecule has 2 saturated carbocycles. The van der Waals surface area contributed by atoms with E-state index in [9.17, 15) is 19.2 Å². The fourth-order valence-corrected chi connectivity index (χ4v) is 5.81. The van der Waals surface area contributed by atoms with Crippen LogP contribution in [0.4, 0.5) is 5.69 Å². The molecule has 0 spiro atoms. The Kier molecular flexibility index (Phi) is 3.81. The lowest BCUT2D eigenvalue weighted by molar-refractivity contribution is -0.124. The topological polar surface area (TPSA) is 80.8 Å². The quantitative estimate of drug-likeness (QED) is 0.253. The smallest absolute Gasteiger partial charge is 0.343 e. The van der Waals surface area contributed by atoms with E-state index in [1.54, 1.807) is 36.4 Å². The Balaban J connectivity index is 1.29. The third-order valence-corrected chi connectivity index (χ3v) is 7.25. The van der Waals surface area contributed by atoms with Crippen LogP contribution in [0.5, 0.6) is 5.75 Å². The number of ether oxygens (including phenoxy) is 1. The van der Waals surface area contributed by atoms with Crippen molar-refractivity contribution in [2.75, 3.05) is 4.90 Å². The van der Waals surface area contributed by atoms with E-state index in [0.29, 0.717) is 23.8 Å². The molecule has 0 N–H and O–H groups in total. The van der Waals surface area contributed by atoms with Crippen molar-refractivity contribution in [3.63, 3.8) is 0 Å². The Morgan fingerprint density at radius 2 is 1.61 bits per heavy atom. The maximum atomic E-state index is 13.3. The summed E-state index contributed by atoms with van der Waals surface area (Å²) in [5.41, 5.74) is 0.857. The number of anilines is 1. The molecule has 154 valence electrons. The first-order valence-corrected chi connectivity index (χ1v) is 10.5. The molecule has 31 heavy (non-hydrogen) atoms. The molecule has 6 atom stereocenters. The normalized spacial score (nSPS) is 31.9. The largest absolute Gasteiger partial charge is 0.422 e. The van der Waals surface area contributed by atoms with Gasteiger partial charge >= 0.3 is 5.97 Å². The molecule has 2 amide bonds. The zero-order valence-electron chi connectivity index (χ0n) is 16.5. The first-order chi connectivity index (χ1) is 15.1. The monoisotopic (exact) mass is 413 g/mol. The SMILES string of the molecule is O=Cc1ccccc1OC(=O)c1cccc(N2C(=O)[C@@H]3[C@H]4C=C[C@H]([C@H]5C[C@H]45)[C@@H]3C2=O)c1. The van der Waals surface area contributed by atoms with Crippen LogP contribution in [-0.4, -0.2) is 24.1 Å². The summed E-state index contributed by atoms with van der Waals surface area (Å²) in [5.74, 6) is -0.0522. The second-order valence-electron chi connectivity index (χ2n) is 8.76. The number of imide groups is 1. The van der Waals surface area contributed by atoms with Crippen molar-refractivity contribution >= 4 is 29.8 Å². The van der Waals surface area contributed by atoms with E-state index in [-0.39, 0.29) is 52.4 Å². The predicted octanol–water partition coefficient (Wildman–Crippen LogP) is 3.28. The van der Waals surface area contributed by atoms with E-state index in [0.717, 1.165) is 6.42 Å². The fraction of sp³-hybridized carbons (Fsp3) is 0.280. The molecular weight excluding hydrogens is 394 g/mol. The number of aldehydes is 1. The molecule has 2 aromatic rings. The lowest BCUT2D eigenvalue weighted by atomic mass is 9.63. The Morgan fingerprint density at radius 1 is 0.935 bits per heavy atom. The van der Waals surface area contributed by atoms with Gasteiger partial charge in [0.15, 0.2) is 6.29 Å². The van der Waals surface area contributed by atoms with Crippen molar-refractivity contribution in [2.24, 2.45) is 35.5 Å². The number of carbonyl (C=O) groups is 4. The number of amides is 2. The molecule has 1 aliphatic heterocycles. The summed E-state index contributed by atoms with van der Waals surface area (Å²) in [4.78, 5) is 51.7. The van der Waals surface area contributed by atoms with Gasteiger partial charge in [-0.15, -0.1) is 0 Å². The first kappa shape index (κ1) is 18.2. The molecule has 2 bridgehead atoms. The summed E-state index contributed by atoms with van der Waals surface area (Å²) < 4.78 is 5.38. The van der Waals surface area contributed by atoms with E-state index < -0.39 is 5.97 Å². The number of esters is 1.